The summed E-state index contributed by atoms with van der Waals surface area (Å²) < 4.78 is 5.24. The van der Waals surface area contributed by atoms with Crippen LogP contribution < -0.4 is 10.1 Å². The molecule has 0 spiro atoms. The summed E-state index contributed by atoms with van der Waals surface area (Å²) in [4.78, 5) is 59.1. The number of carboxylic acids is 1. The van der Waals surface area contributed by atoms with Gasteiger partial charge in [0.05, 0.1) is 19.1 Å². The van der Waals surface area contributed by atoms with Crippen LogP contribution in [-0.2, 0) is 9.59 Å². The predicted octanol–water partition coefficient (Wildman–Crippen LogP) is 3.21. The average Bonchev–Trinajstić information content (AvgIpc) is 3.38. The highest BCUT2D eigenvalue weighted by Gasteiger charge is 2.44. The number of benzene rings is 1. The number of pyridine rings is 1. The highest BCUT2D eigenvalue weighted by molar-refractivity contribution is 6.29. The summed E-state index contributed by atoms with van der Waals surface area (Å²) in [6, 6.07) is 8.94. The Bertz CT molecular complexity index is 1180. The first kappa shape index (κ1) is 27.4. The van der Waals surface area contributed by atoms with Gasteiger partial charge in [-0.25, -0.2) is 4.98 Å². The maximum absolute atomic E-state index is 13.8. The highest BCUT2D eigenvalue weighted by atomic mass is 35.5. The maximum Gasteiger partial charge on any atom is 0.305 e. The lowest BCUT2D eigenvalue weighted by Gasteiger charge is -2.34. The van der Waals surface area contributed by atoms with E-state index in [2.05, 4.69) is 10.3 Å². The van der Waals surface area contributed by atoms with Crippen LogP contribution in [0.2, 0.25) is 5.15 Å². The first-order valence-electron chi connectivity index (χ1n) is 12.7. The number of carbonyl (C=O) groups excluding carboxylic acids is 3. The third-order valence-electron chi connectivity index (χ3n) is 7.16. The van der Waals surface area contributed by atoms with E-state index in [4.69, 9.17) is 16.3 Å². The lowest BCUT2D eigenvalue weighted by Crippen LogP contribution is -2.57. The van der Waals surface area contributed by atoms with Gasteiger partial charge >= 0.3 is 5.97 Å². The molecule has 4 rings (SSSR count). The molecular weight excluding hydrogens is 512 g/mol. The number of carboxylic acid groups (broad SMARTS) is 1. The fraction of sp³-hybridized carbons (Fsp3) is 0.444. The molecule has 202 valence electrons. The molecule has 2 aromatic rings. The quantitative estimate of drug-likeness (QED) is 0.490. The summed E-state index contributed by atoms with van der Waals surface area (Å²) in [5, 5.41) is 12.6. The molecule has 2 unspecified atom stereocenters. The first-order valence-corrected chi connectivity index (χ1v) is 13.1. The second-order valence-corrected chi connectivity index (χ2v) is 9.97. The van der Waals surface area contributed by atoms with Gasteiger partial charge in [-0.2, -0.15) is 0 Å². The van der Waals surface area contributed by atoms with Crippen molar-refractivity contribution in [2.45, 2.75) is 50.7 Å². The summed E-state index contributed by atoms with van der Waals surface area (Å²) in [6.07, 6.45) is 4.46. The number of amides is 3. The van der Waals surface area contributed by atoms with E-state index < -0.39 is 35.9 Å². The molecule has 3 amide bonds. The first-order chi connectivity index (χ1) is 18.3. The van der Waals surface area contributed by atoms with Crippen molar-refractivity contribution in [1.82, 2.24) is 20.1 Å². The summed E-state index contributed by atoms with van der Waals surface area (Å²) in [6.45, 7) is 0.232. The number of methoxy groups -OCH3 is 1. The van der Waals surface area contributed by atoms with Gasteiger partial charge in [0.1, 0.15) is 10.9 Å². The standard InChI is InChI=1S/C27H31ClN4O6/c1-38-20-9-5-8-18(14-20)26(36)31-12-13-32(27(37)19-10-11-22(28)29-16-19)25(31)24(35)30-21(15-23(33)34)17-6-3-2-4-7-17/h5,8-11,14,16-17,21,25H,2-4,6-7,12-13,15H2,1H3,(H,30,35)(H,33,34). The van der Waals surface area contributed by atoms with E-state index in [9.17, 15) is 24.3 Å². The Morgan fingerprint density at radius 3 is 2.34 bits per heavy atom. The van der Waals surface area contributed by atoms with E-state index in [1.54, 1.807) is 24.3 Å². The van der Waals surface area contributed by atoms with Crippen LogP contribution in [0, 0.1) is 5.92 Å². The van der Waals surface area contributed by atoms with Crippen molar-refractivity contribution in [2.75, 3.05) is 20.2 Å². The number of halogens is 1. The summed E-state index contributed by atoms with van der Waals surface area (Å²) >= 11 is 5.87. The molecule has 1 aliphatic carbocycles. The van der Waals surface area contributed by atoms with Crippen molar-refractivity contribution >= 4 is 35.3 Å². The van der Waals surface area contributed by atoms with Crippen molar-refractivity contribution in [2.24, 2.45) is 5.92 Å². The Morgan fingerprint density at radius 2 is 1.74 bits per heavy atom. The molecule has 11 heteroatoms. The van der Waals surface area contributed by atoms with Gasteiger partial charge in [0.25, 0.3) is 17.7 Å². The van der Waals surface area contributed by atoms with Gasteiger partial charge in [0.2, 0.25) is 0 Å². The Kier molecular flexibility index (Phi) is 8.83. The molecular formula is C27H31ClN4O6. The molecule has 1 aliphatic heterocycles. The van der Waals surface area contributed by atoms with E-state index in [0.717, 1.165) is 32.1 Å². The molecule has 2 N–H and O–H groups in total. The van der Waals surface area contributed by atoms with Crippen LogP contribution in [0.1, 0.15) is 59.2 Å². The van der Waals surface area contributed by atoms with Crippen LogP contribution in [0.4, 0.5) is 0 Å². The van der Waals surface area contributed by atoms with E-state index in [0.29, 0.717) is 11.3 Å². The zero-order valence-corrected chi connectivity index (χ0v) is 21.9. The van der Waals surface area contributed by atoms with Gasteiger partial charge in [-0.05, 0) is 49.1 Å². The second kappa shape index (κ2) is 12.3. The van der Waals surface area contributed by atoms with Gasteiger partial charge in [-0.15, -0.1) is 0 Å². The van der Waals surface area contributed by atoms with E-state index in [-0.39, 0.29) is 36.1 Å². The number of ether oxygens (including phenoxy) is 1. The molecule has 2 aliphatic rings. The Morgan fingerprint density at radius 1 is 1.05 bits per heavy atom. The van der Waals surface area contributed by atoms with Crippen LogP contribution >= 0.6 is 11.6 Å². The third-order valence-corrected chi connectivity index (χ3v) is 7.38. The molecule has 2 heterocycles. The van der Waals surface area contributed by atoms with Gasteiger partial charge in [0, 0.05) is 30.9 Å². The number of aromatic nitrogens is 1. The van der Waals surface area contributed by atoms with E-state index in [1.165, 1.54) is 35.2 Å². The summed E-state index contributed by atoms with van der Waals surface area (Å²) in [5.41, 5.74) is 0.524. The van der Waals surface area contributed by atoms with Crippen molar-refractivity contribution in [3.8, 4) is 5.75 Å². The fourth-order valence-corrected chi connectivity index (χ4v) is 5.36. The molecule has 1 saturated carbocycles. The fourth-order valence-electron chi connectivity index (χ4n) is 5.24. The molecule has 10 nitrogen and oxygen atoms in total. The topological polar surface area (TPSA) is 129 Å². The molecule has 2 atom stereocenters. The molecule has 1 aromatic carbocycles. The van der Waals surface area contributed by atoms with E-state index >= 15 is 0 Å². The Balaban J connectivity index is 1.64. The number of rotatable bonds is 8. The van der Waals surface area contributed by atoms with Crippen LogP contribution in [0.15, 0.2) is 42.6 Å². The minimum absolute atomic E-state index is 0.0114. The van der Waals surface area contributed by atoms with Crippen LogP contribution in [0.3, 0.4) is 0 Å². The smallest absolute Gasteiger partial charge is 0.305 e. The number of nitrogens with zero attached hydrogens (tertiary/aromatic N) is 3. The minimum atomic E-state index is -1.27. The zero-order chi connectivity index (χ0) is 27.2. The lowest BCUT2D eigenvalue weighted by molar-refractivity contribution is -0.138. The normalized spacial score (nSPS) is 18.6. The number of aliphatic carboxylic acids is 1. The van der Waals surface area contributed by atoms with Gasteiger partial charge < -0.3 is 25.0 Å². The predicted molar refractivity (Wildman–Crippen MR) is 139 cm³/mol. The monoisotopic (exact) mass is 542 g/mol. The van der Waals surface area contributed by atoms with Gasteiger partial charge in [-0.3, -0.25) is 19.2 Å². The van der Waals surface area contributed by atoms with Crippen LogP contribution in [0.5, 0.6) is 5.75 Å². The molecule has 2 fully saturated rings. The zero-order valence-electron chi connectivity index (χ0n) is 21.1. The molecule has 0 radical (unpaired) electrons. The Labute approximate surface area is 225 Å². The molecule has 1 aromatic heterocycles. The molecule has 38 heavy (non-hydrogen) atoms. The molecule has 0 bridgehead atoms. The summed E-state index contributed by atoms with van der Waals surface area (Å²) in [7, 11) is 1.49. The average molecular weight is 543 g/mol. The largest absolute Gasteiger partial charge is 0.497 e. The SMILES string of the molecule is COc1cccc(C(=O)N2CCN(C(=O)c3ccc(Cl)nc3)C2C(=O)NC(CC(=O)O)C2CCCCC2)c1. The van der Waals surface area contributed by atoms with Crippen molar-refractivity contribution < 1.29 is 29.0 Å². The van der Waals surface area contributed by atoms with E-state index in [1.807, 2.05) is 0 Å². The number of carbonyl (C=O) groups is 4. The maximum atomic E-state index is 13.8. The lowest BCUT2D eigenvalue weighted by atomic mass is 9.82. The van der Waals surface area contributed by atoms with Crippen molar-refractivity contribution in [3.05, 3.63) is 58.9 Å². The number of hydrogen-bond donors (Lipinski definition) is 2. The van der Waals surface area contributed by atoms with Crippen molar-refractivity contribution in [1.29, 1.82) is 0 Å². The van der Waals surface area contributed by atoms with Gasteiger partial charge in [0.15, 0.2) is 6.17 Å². The van der Waals surface area contributed by atoms with Gasteiger partial charge in [-0.1, -0.05) is 36.9 Å². The summed E-state index contributed by atoms with van der Waals surface area (Å²) in [5.74, 6) is -2.04. The van der Waals surface area contributed by atoms with Crippen LogP contribution in [0.25, 0.3) is 0 Å². The Hall–Kier alpha value is -3.66. The number of nitrogens with one attached hydrogen (secondary N) is 1. The minimum Gasteiger partial charge on any atom is -0.497 e. The molecule has 1 saturated heterocycles. The third kappa shape index (κ3) is 6.24. The highest BCUT2D eigenvalue weighted by Crippen LogP contribution is 2.29. The van der Waals surface area contributed by atoms with Crippen molar-refractivity contribution in [3.63, 3.8) is 0 Å². The number of hydrogen-bond acceptors (Lipinski definition) is 6. The van der Waals surface area contributed by atoms with Crippen LogP contribution in [-0.4, -0.2) is 76.0 Å². The second-order valence-electron chi connectivity index (χ2n) is 9.58.